The van der Waals surface area contributed by atoms with Gasteiger partial charge in [0.25, 0.3) is 0 Å². The van der Waals surface area contributed by atoms with Crippen LogP contribution in [0.25, 0.3) is 0 Å². The Balaban J connectivity index is 1.46. The van der Waals surface area contributed by atoms with Crippen molar-refractivity contribution in [3.8, 4) is 0 Å². The van der Waals surface area contributed by atoms with E-state index in [4.69, 9.17) is 0 Å². The van der Waals surface area contributed by atoms with E-state index in [-0.39, 0.29) is 5.91 Å². The van der Waals surface area contributed by atoms with Crippen molar-refractivity contribution >= 4 is 17.5 Å². The third-order valence-corrected chi connectivity index (χ3v) is 4.62. The average Bonchev–Trinajstić information content (AvgIpc) is 2.81. The Morgan fingerprint density at radius 3 is 1.90 bits per heavy atom. The van der Waals surface area contributed by atoms with Crippen LogP contribution in [0.5, 0.6) is 0 Å². The van der Waals surface area contributed by atoms with E-state index in [1.807, 2.05) is 78.9 Å². The second kappa shape index (κ2) is 9.43. The van der Waals surface area contributed by atoms with Crippen molar-refractivity contribution in [2.24, 2.45) is 0 Å². The van der Waals surface area contributed by atoms with Gasteiger partial charge in [-0.3, -0.25) is 9.78 Å². The topological polar surface area (TPSA) is 79.8 Å². The highest BCUT2D eigenvalue weighted by molar-refractivity contribution is 5.97. The summed E-state index contributed by atoms with van der Waals surface area (Å²) in [7, 11) is 0. The van der Waals surface area contributed by atoms with E-state index < -0.39 is 5.92 Å². The quantitative estimate of drug-likeness (QED) is 0.489. The van der Waals surface area contributed by atoms with Crippen molar-refractivity contribution in [1.82, 2.24) is 15.2 Å². The molecule has 6 heteroatoms. The molecular weight excluding hydrogens is 374 g/mol. The fourth-order valence-corrected chi connectivity index (χ4v) is 3.16. The molecule has 0 saturated heterocycles. The molecule has 2 heterocycles. The highest BCUT2D eigenvalue weighted by atomic mass is 16.2. The van der Waals surface area contributed by atoms with Crippen molar-refractivity contribution in [3.63, 3.8) is 0 Å². The molecule has 0 unspecified atom stereocenters. The van der Waals surface area contributed by atoms with Gasteiger partial charge in [-0.15, -0.1) is 10.2 Å². The molecule has 0 fully saturated rings. The Morgan fingerprint density at radius 2 is 1.33 bits per heavy atom. The van der Waals surface area contributed by atoms with Crippen LogP contribution in [-0.2, 0) is 11.3 Å². The second-order valence-corrected chi connectivity index (χ2v) is 6.72. The van der Waals surface area contributed by atoms with Gasteiger partial charge in [-0.25, -0.2) is 0 Å². The molecule has 0 radical (unpaired) electrons. The second-order valence-electron chi connectivity index (χ2n) is 6.72. The van der Waals surface area contributed by atoms with E-state index in [9.17, 15) is 4.79 Å². The number of aromatic nitrogens is 3. The predicted molar refractivity (Wildman–Crippen MR) is 117 cm³/mol. The number of rotatable bonds is 7. The molecular formula is C24H21N5O. The molecule has 0 aliphatic heterocycles. The number of carbonyl (C=O) groups is 1. The number of amides is 1. The van der Waals surface area contributed by atoms with Crippen LogP contribution in [-0.4, -0.2) is 21.1 Å². The zero-order valence-electron chi connectivity index (χ0n) is 16.3. The monoisotopic (exact) mass is 395 g/mol. The summed E-state index contributed by atoms with van der Waals surface area (Å²) >= 11 is 0. The van der Waals surface area contributed by atoms with E-state index in [2.05, 4.69) is 25.8 Å². The normalized spacial score (nSPS) is 10.6. The first-order chi connectivity index (χ1) is 14.8. The van der Waals surface area contributed by atoms with Gasteiger partial charge in [-0.2, -0.15) is 0 Å². The van der Waals surface area contributed by atoms with Gasteiger partial charge in [0.15, 0.2) is 5.82 Å². The molecule has 1 amide bonds. The predicted octanol–water partition coefficient (Wildman–Crippen LogP) is 4.25. The lowest BCUT2D eigenvalue weighted by atomic mass is 9.90. The molecule has 0 bridgehead atoms. The molecule has 0 aliphatic carbocycles. The minimum Gasteiger partial charge on any atom is -0.363 e. The van der Waals surface area contributed by atoms with Gasteiger partial charge >= 0.3 is 0 Å². The van der Waals surface area contributed by atoms with Gasteiger partial charge in [0.1, 0.15) is 5.82 Å². The van der Waals surface area contributed by atoms with Gasteiger partial charge in [-0.1, -0.05) is 66.7 Å². The first-order valence-electron chi connectivity index (χ1n) is 9.68. The first-order valence-corrected chi connectivity index (χ1v) is 9.68. The highest BCUT2D eigenvalue weighted by Gasteiger charge is 2.23. The average molecular weight is 395 g/mol. The molecule has 6 nitrogen and oxygen atoms in total. The highest BCUT2D eigenvalue weighted by Crippen LogP contribution is 2.26. The fraction of sp³-hybridized carbons (Fsp3) is 0.0833. The Morgan fingerprint density at radius 1 is 0.733 bits per heavy atom. The number of carbonyl (C=O) groups excluding carboxylic acids is 1. The Hall–Kier alpha value is -4.06. The Labute approximate surface area is 175 Å². The molecule has 2 aromatic heterocycles. The number of nitrogens with zero attached hydrogens (tertiary/aromatic N) is 3. The summed E-state index contributed by atoms with van der Waals surface area (Å²) in [6, 6.07) is 28.7. The number of pyridine rings is 1. The number of hydrogen-bond acceptors (Lipinski definition) is 5. The van der Waals surface area contributed by atoms with Crippen LogP contribution in [0.1, 0.15) is 22.7 Å². The van der Waals surface area contributed by atoms with Crippen LogP contribution in [0.3, 0.4) is 0 Å². The summed E-state index contributed by atoms with van der Waals surface area (Å²) in [6.07, 6.45) is 1.75. The van der Waals surface area contributed by atoms with Crippen molar-refractivity contribution in [2.75, 3.05) is 10.6 Å². The molecule has 0 saturated carbocycles. The van der Waals surface area contributed by atoms with Crippen LogP contribution in [0, 0.1) is 0 Å². The van der Waals surface area contributed by atoms with Crippen molar-refractivity contribution in [3.05, 3.63) is 114 Å². The zero-order valence-corrected chi connectivity index (χ0v) is 16.3. The van der Waals surface area contributed by atoms with Crippen molar-refractivity contribution in [1.29, 1.82) is 0 Å². The summed E-state index contributed by atoms with van der Waals surface area (Å²) in [5.74, 6) is 0.425. The van der Waals surface area contributed by atoms with E-state index in [1.54, 1.807) is 18.3 Å². The molecule has 148 valence electrons. The maximum absolute atomic E-state index is 13.1. The lowest BCUT2D eigenvalue weighted by Gasteiger charge is -2.17. The molecule has 0 aliphatic rings. The molecule has 2 aromatic carbocycles. The summed E-state index contributed by atoms with van der Waals surface area (Å²) in [5, 5.41) is 14.3. The Kier molecular flexibility index (Phi) is 6.05. The molecule has 2 N–H and O–H groups in total. The third kappa shape index (κ3) is 4.86. The maximum atomic E-state index is 13.1. The van der Waals surface area contributed by atoms with Crippen LogP contribution in [0.4, 0.5) is 11.6 Å². The molecule has 4 rings (SSSR count). The molecule has 4 aromatic rings. The zero-order chi connectivity index (χ0) is 20.6. The van der Waals surface area contributed by atoms with Crippen LogP contribution >= 0.6 is 0 Å². The van der Waals surface area contributed by atoms with Crippen LogP contribution in [0.2, 0.25) is 0 Å². The minimum absolute atomic E-state index is 0.157. The summed E-state index contributed by atoms with van der Waals surface area (Å²) in [6.45, 7) is 0.547. The largest absolute Gasteiger partial charge is 0.363 e. The standard InChI is InChI=1S/C24H21N5O/c30-24(23(18-9-3-1-4-10-18)19-11-5-2-6-12-19)27-22-15-14-21(28-29-22)26-17-20-13-7-8-16-25-20/h1-16,23H,17H2,(H,26,28)(H,27,29,30). The first kappa shape index (κ1) is 19.3. The maximum Gasteiger partial charge on any atom is 0.237 e. The van der Waals surface area contributed by atoms with E-state index >= 15 is 0 Å². The Bertz CT molecular complexity index is 1030. The van der Waals surface area contributed by atoms with Gasteiger partial charge in [-0.05, 0) is 35.4 Å². The third-order valence-electron chi connectivity index (χ3n) is 4.62. The summed E-state index contributed by atoms with van der Waals surface area (Å²) < 4.78 is 0. The van der Waals surface area contributed by atoms with Gasteiger partial charge in [0, 0.05) is 6.20 Å². The lowest BCUT2D eigenvalue weighted by Crippen LogP contribution is -2.23. The van der Waals surface area contributed by atoms with E-state index in [1.165, 1.54) is 0 Å². The van der Waals surface area contributed by atoms with E-state index in [0.29, 0.717) is 18.2 Å². The summed E-state index contributed by atoms with van der Waals surface area (Å²) in [5.41, 5.74) is 2.75. The number of hydrogen-bond donors (Lipinski definition) is 2. The molecule has 0 atom stereocenters. The molecule has 30 heavy (non-hydrogen) atoms. The lowest BCUT2D eigenvalue weighted by molar-refractivity contribution is -0.116. The van der Waals surface area contributed by atoms with E-state index in [0.717, 1.165) is 16.8 Å². The van der Waals surface area contributed by atoms with Gasteiger partial charge in [0.05, 0.1) is 18.2 Å². The van der Waals surface area contributed by atoms with Crippen LogP contribution in [0.15, 0.2) is 97.2 Å². The van der Waals surface area contributed by atoms with Crippen LogP contribution < -0.4 is 10.6 Å². The number of anilines is 2. The fourth-order valence-electron chi connectivity index (χ4n) is 3.16. The van der Waals surface area contributed by atoms with Crippen molar-refractivity contribution < 1.29 is 4.79 Å². The number of nitrogens with one attached hydrogen (secondary N) is 2. The molecule has 0 spiro atoms. The SMILES string of the molecule is O=C(Nc1ccc(NCc2ccccn2)nn1)C(c1ccccc1)c1ccccc1. The smallest absolute Gasteiger partial charge is 0.237 e. The minimum atomic E-state index is -0.434. The van der Waals surface area contributed by atoms with Gasteiger partial charge in [0.2, 0.25) is 5.91 Å². The summed E-state index contributed by atoms with van der Waals surface area (Å²) in [4.78, 5) is 17.4. The van der Waals surface area contributed by atoms with Crippen molar-refractivity contribution in [2.45, 2.75) is 12.5 Å². The van der Waals surface area contributed by atoms with Gasteiger partial charge < -0.3 is 10.6 Å². The number of benzene rings is 2.